The van der Waals surface area contributed by atoms with Crippen LogP contribution in [-0.4, -0.2) is 13.7 Å². The number of benzene rings is 1. The molecular formula is C13H14ClNO2. The molecule has 1 atom stereocenters. The summed E-state index contributed by atoms with van der Waals surface area (Å²) in [6, 6.07) is 4.20. The maximum absolute atomic E-state index is 6.44. The first-order valence-corrected chi connectivity index (χ1v) is 6.16. The molecule has 90 valence electrons. The van der Waals surface area contributed by atoms with E-state index < -0.39 is 0 Å². The summed E-state index contributed by atoms with van der Waals surface area (Å²) in [5.41, 5.74) is 1.83. The third-order valence-electron chi connectivity index (χ3n) is 3.32. The molecule has 3 rings (SSSR count). The van der Waals surface area contributed by atoms with Gasteiger partial charge in [-0.1, -0.05) is 11.6 Å². The predicted octanol–water partition coefficient (Wildman–Crippen LogP) is 3.52. The number of nitrogens with one attached hydrogen (secondary N) is 1. The molecule has 1 aliphatic heterocycles. The van der Waals surface area contributed by atoms with E-state index in [1.165, 1.54) is 6.42 Å². The zero-order valence-corrected chi connectivity index (χ0v) is 10.4. The lowest BCUT2D eigenvalue weighted by molar-refractivity contribution is 0.409. The summed E-state index contributed by atoms with van der Waals surface area (Å²) >= 11 is 6.44. The number of hydrogen-bond acceptors (Lipinski definition) is 3. The van der Waals surface area contributed by atoms with Gasteiger partial charge >= 0.3 is 0 Å². The first kappa shape index (κ1) is 10.9. The summed E-state index contributed by atoms with van der Waals surface area (Å²) in [6.45, 7) is 1.05. The van der Waals surface area contributed by atoms with Gasteiger partial charge in [0.15, 0.2) is 11.3 Å². The van der Waals surface area contributed by atoms with Gasteiger partial charge in [-0.05, 0) is 37.1 Å². The second kappa shape index (κ2) is 4.24. The highest BCUT2D eigenvalue weighted by molar-refractivity contribution is 6.36. The normalized spacial score (nSPS) is 20.0. The van der Waals surface area contributed by atoms with E-state index in [1.54, 1.807) is 13.4 Å². The summed E-state index contributed by atoms with van der Waals surface area (Å²) < 4.78 is 10.8. The van der Waals surface area contributed by atoms with E-state index >= 15 is 0 Å². The Morgan fingerprint density at radius 3 is 3.12 bits per heavy atom. The van der Waals surface area contributed by atoms with Crippen LogP contribution in [0.4, 0.5) is 0 Å². The number of rotatable bonds is 2. The Morgan fingerprint density at radius 2 is 2.41 bits per heavy atom. The van der Waals surface area contributed by atoms with Gasteiger partial charge in [-0.3, -0.25) is 0 Å². The minimum atomic E-state index is 0.329. The molecule has 2 aromatic rings. The fraction of sp³-hybridized carbons (Fsp3) is 0.385. The molecule has 1 aromatic carbocycles. The van der Waals surface area contributed by atoms with E-state index in [1.807, 2.05) is 12.1 Å². The van der Waals surface area contributed by atoms with Gasteiger partial charge in [0, 0.05) is 11.4 Å². The average Bonchev–Trinajstić information content (AvgIpc) is 3.00. The number of ether oxygens (including phenoxy) is 1. The van der Waals surface area contributed by atoms with Gasteiger partial charge in [0.2, 0.25) is 0 Å². The van der Waals surface area contributed by atoms with Crippen LogP contribution >= 0.6 is 11.6 Å². The zero-order valence-electron chi connectivity index (χ0n) is 9.63. The van der Waals surface area contributed by atoms with Crippen LogP contribution in [0.3, 0.4) is 0 Å². The topological polar surface area (TPSA) is 34.4 Å². The van der Waals surface area contributed by atoms with Crippen LogP contribution in [-0.2, 0) is 0 Å². The molecule has 1 aliphatic rings. The third kappa shape index (κ3) is 1.70. The molecule has 0 amide bonds. The van der Waals surface area contributed by atoms with E-state index in [-0.39, 0.29) is 0 Å². The molecular weight excluding hydrogens is 238 g/mol. The van der Waals surface area contributed by atoms with Gasteiger partial charge in [-0.2, -0.15) is 0 Å². The van der Waals surface area contributed by atoms with Crippen molar-refractivity contribution >= 4 is 22.6 Å². The maximum Gasteiger partial charge on any atom is 0.177 e. The van der Waals surface area contributed by atoms with Crippen molar-refractivity contribution in [2.75, 3.05) is 13.7 Å². The fourth-order valence-electron chi connectivity index (χ4n) is 2.45. The van der Waals surface area contributed by atoms with Crippen molar-refractivity contribution in [3.8, 4) is 5.75 Å². The number of methoxy groups -OCH3 is 1. The largest absolute Gasteiger partial charge is 0.493 e. The van der Waals surface area contributed by atoms with Gasteiger partial charge < -0.3 is 14.5 Å². The van der Waals surface area contributed by atoms with Crippen LogP contribution < -0.4 is 10.1 Å². The van der Waals surface area contributed by atoms with Crippen LogP contribution in [0.5, 0.6) is 5.75 Å². The monoisotopic (exact) mass is 251 g/mol. The first-order chi connectivity index (χ1) is 8.31. The molecule has 0 spiro atoms. The van der Waals surface area contributed by atoms with Crippen LogP contribution in [0.2, 0.25) is 5.02 Å². The summed E-state index contributed by atoms with van der Waals surface area (Å²) in [6.07, 6.45) is 3.95. The summed E-state index contributed by atoms with van der Waals surface area (Å²) in [4.78, 5) is 0. The third-order valence-corrected chi connectivity index (χ3v) is 3.74. The SMILES string of the molecule is COc1cc(C2CCCN2)c(Cl)c2ccoc12. The van der Waals surface area contributed by atoms with Gasteiger partial charge in [0.05, 0.1) is 18.4 Å². The van der Waals surface area contributed by atoms with Gasteiger partial charge in [-0.15, -0.1) is 0 Å². The molecule has 17 heavy (non-hydrogen) atoms. The summed E-state index contributed by atoms with van der Waals surface area (Å²) in [7, 11) is 1.65. The molecule has 0 aliphatic carbocycles. The molecule has 1 unspecified atom stereocenters. The highest BCUT2D eigenvalue weighted by atomic mass is 35.5. The second-order valence-corrected chi connectivity index (χ2v) is 4.67. The average molecular weight is 252 g/mol. The van der Waals surface area contributed by atoms with E-state index in [0.717, 1.165) is 40.3 Å². The lowest BCUT2D eigenvalue weighted by Gasteiger charge is -2.14. The van der Waals surface area contributed by atoms with Gasteiger partial charge in [0.1, 0.15) is 0 Å². The summed E-state index contributed by atoms with van der Waals surface area (Å²) in [5.74, 6) is 0.748. The first-order valence-electron chi connectivity index (χ1n) is 5.78. The van der Waals surface area contributed by atoms with Crippen molar-refractivity contribution in [1.82, 2.24) is 5.32 Å². The molecule has 1 aromatic heterocycles. The smallest absolute Gasteiger partial charge is 0.177 e. The maximum atomic E-state index is 6.44. The molecule has 4 heteroatoms. The van der Waals surface area contributed by atoms with Crippen molar-refractivity contribution in [2.24, 2.45) is 0 Å². The van der Waals surface area contributed by atoms with Crippen LogP contribution in [0, 0.1) is 0 Å². The van der Waals surface area contributed by atoms with Crippen LogP contribution in [0.1, 0.15) is 24.4 Å². The molecule has 0 bridgehead atoms. The van der Waals surface area contributed by atoms with E-state index in [0.29, 0.717) is 6.04 Å². The van der Waals surface area contributed by atoms with E-state index in [2.05, 4.69) is 5.32 Å². The predicted molar refractivity (Wildman–Crippen MR) is 67.8 cm³/mol. The molecule has 1 saturated heterocycles. The Balaban J connectivity index is 2.20. The lowest BCUT2D eigenvalue weighted by Crippen LogP contribution is -2.13. The molecule has 0 saturated carbocycles. The molecule has 2 heterocycles. The number of fused-ring (bicyclic) bond motifs is 1. The van der Waals surface area contributed by atoms with Crippen molar-refractivity contribution in [1.29, 1.82) is 0 Å². The Labute approximate surface area is 105 Å². The Hall–Kier alpha value is -1.19. The zero-order chi connectivity index (χ0) is 11.8. The highest BCUT2D eigenvalue weighted by Crippen LogP contribution is 2.39. The Kier molecular flexibility index (Phi) is 2.73. The fourth-order valence-corrected chi connectivity index (χ4v) is 2.79. The van der Waals surface area contributed by atoms with Crippen molar-refractivity contribution in [2.45, 2.75) is 18.9 Å². The van der Waals surface area contributed by atoms with Gasteiger partial charge in [-0.25, -0.2) is 0 Å². The van der Waals surface area contributed by atoms with Crippen LogP contribution in [0.15, 0.2) is 22.8 Å². The summed E-state index contributed by atoms with van der Waals surface area (Å²) in [5, 5.41) is 5.15. The second-order valence-electron chi connectivity index (χ2n) is 4.29. The minimum Gasteiger partial charge on any atom is -0.493 e. The minimum absolute atomic E-state index is 0.329. The standard InChI is InChI=1S/C13H14ClNO2/c1-16-11-7-9(10-3-2-5-15-10)12(14)8-4-6-17-13(8)11/h4,6-7,10,15H,2-3,5H2,1H3. The molecule has 0 radical (unpaired) electrons. The number of hydrogen-bond donors (Lipinski definition) is 1. The molecule has 1 N–H and O–H groups in total. The lowest BCUT2D eigenvalue weighted by atomic mass is 10.0. The van der Waals surface area contributed by atoms with Crippen molar-refractivity contribution in [3.63, 3.8) is 0 Å². The highest BCUT2D eigenvalue weighted by Gasteiger charge is 2.22. The van der Waals surface area contributed by atoms with Crippen LogP contribution in [0.25, 0.3) is 11.0 Å². The number of furan rings is 1. The van der Waals surface area contributed by atoms with Gasteiger partial charge in [0.25, 0.3) is 0 Å². The molecule has 1 fully saturated rings. The quantitative estimate of drug-likeness (QED) is 0.887. The van der Waals surface area contributed by atoms with Crippen molar-refractivity contribution < 1.29 is 9.15 Å². The molecule has 3 nitrogen and oxygen atoms in total. The van der Waals surface area contributed by atoms with Crippen molar-refractivity contribution in [3.05, 3.63) is 29.0 Å². The Morgan fingerprint density at radius 1 is 1.53 bits per heavy atom. The number of halogens is 1. The Bertz CT molecular complexity index is 544. The van der Waals surface area contributed by atoms with E-state index in [4.69, 9.17) is 20.8 Å². The van der Waals surface area contributed by atoms with E-state index in [9.17, 15) is 0 Å².